The number of hydrogen-bond acceptors (Lipinski definition) is 3. The minimum Gasteiger partial charge on any atom is -0.399 e. The summed E-state index contributed by atoms with van der Waals surface area (Å²) in [4.78, 5) is 0.116. The molecule has 0 unspecified atom stereocenters. The van der Waals surface area contributed by atoms with Crippen LogP contribution in [0.15, 0.2) is 53.4 Å². The fourth-order valence-corrected chi connectivity index (χ4v) is 2.38. The summed E-state index contributed by atoms with van der Waals surface area (Å²) in [6, 6.07) is 13.6. The highest BCUT2D eigenvalue weighted by Gasteiger charge is 2.13. The predicted octanol–water partition coefficient (Wildman–Crippen LogP) is 2.61. The van der Waals surface area contributed by atoms with Crippen LogP contribution in [0.5, 0.6) is 0 Å². The van der Waals surface area contributed by atoms with Crippen molar-refractivity contribution in [3.63, 3.8) is 0 Å². The zero-order valence-corrected chi connectivity index (χ0v) is 11.8. The number of rotatable bonds is 2. The lowest BCUT2D eigenvalue weighted by molar-refractivity contribution is 0.598. The van der Waals surface area contributed by atoms with Crippen molar-refractivity contribution in [1.82, 2.24) is 0 Å². The van der Waals surface area contributed by atoms with Crippen molar-refractivity contribution in [3.8, 4) is 11.1 Å². The highest BCUT2D eigenvalue weighted by Crippen LogP contribution is 2.26. The van der Waals surface area contributed by atoms with Gasteiger partial charge in [0, 0.05) is 11.3 Å². The third-order valence-electron chi connectivity index (χ3n) is 2.42. The molecule has 0 saturated heterocycles. The number of primary sulfonamides is 1. The van der Waals surface area contributed by atoms with E-state index in [0.29, 0.717) is 11.3 Å². The molecule has 19 heavy (non-hydrogen) atoms. The Bertz CT molecular complexity index is 635. The first-order chi connectivity index (χ1) is 8.98. The van der Waals surface area contributed by atoms with Gasteiger partial charge < -0.3 is 5.73 Å². The van der Waals surface area contributed by atoms with Gasteiger partial charge in [-0.25, -0.2) is 13.6 Å². The molecule has 0 amide bonds. The Kier molecular flexibility index (Phi) is 5.09. The van der Waals surface area contributed by atoms with E-state index in [1.54, 1.807) is 42.5 Å². The van der Waals surface area contributed by atoms with Crippen molar-refractivity contribution >= 4 is 15.7 Å². The maximum atomic E-state index is 11.4. The SMILES string of the molecule is CC.Nc1ccc(-c2ccccc2S(N)(=O)=O)cc1. The second kappa shape index (κ2) is 6.36. The van der Waals surface area contributed by atoms with Gasteiger partial charge in [-0.05, 0) is 23.8 Å². The van der Waals surface area contributed by atoms with Gasteiger partial charge in [-0.1, -0.05) is 44.2 Å². The van der Waals surface area contributed by atoms with Gasteiger partial charge in [-0.3, -0.25) is 0 Å². The van der Waals surface area contributed by atoms with E-state index in [4.69, 9.17) is 10.9 Å². The molecule has 0 aliphatic rings. The van der Waals surface area contributed by atoms with Gasteiger partial charge in [0.15, 0.2) is 0 Å². The van der Waals surface area contributed by atoms with Gasteiger partial charge in [0.05, 0.1) is 4.90 Å². The maximum Gasteiger partial charge on any atom is 0.238 e. The van der Waals surface area contributed by atoms with Crippen molar-refractivity contribution in [2.45, 2.75) is 18.7 Å². The number of anilines is 1. The fraction of sp³-hybridized carbons (Fsp3) is 0.143. The molecule has 102 valence electrons. The zero-order valence-electron chi connectivity index (χ0n) is 11.0. The van der Waals surface area contributed by atoms with E-state index in [9.17, 15) is 8.42 Å². The first-order valence-electron chi connectivity index (χ1n) is 5.96. The summed E-state index contributed by atoms with van der Waals surface area (Å²) in [7, 11) is -3.72. The van der Waals surface area contributed by atoms with E-state index in [2.05, 4.69) is 0 Å². The van der Waals surface area contributed by atoms with Gasteiger partial charge in [-0.2, -0.15) is 0 Å². The molecule has 0 aromatic heterocycles. The molecule has 2 aromatic rings. The second-order valence-electron chi connectivity index (χ2n) is 3.66. The Morgan fingerprint density at radius 1 is 0.895 bits per heavy atom. The van der Waals surface area contributed by atoms with Crippen LogP contribution < -0.4 is 10.9 Å². The number of hydrogen-bond donors (Lipinski definition) is 2. The smallest absolute Gasteiger partial charge is 0.238 e. The Labute approximate surface area is 114 Å². The van der Waals surface area contributed by atoms with Crippen molar-refractivity contribution < 1.29 is 8.42 Å². The molecule has 2 aromatic carbocycles. The van der Waals surface area contributed by atoms with Crippen LogP contribution in [0.4, 0.5) is 5.69 Å². The van der Waals surface area contributed by atoms with Crippen molar-refractivity contribution in [3.05, 3.63) is 48.5 Å². The van der Waals surface area contributed by atoms with E-state index in [-0.39, 0.29) is 4.90 Å². The normalized spacial score (nSPS) is 10.5. The molecule has 2 rings (SSSR count). The Balaban J connectivity index is 0.000000861. The van der Waals surface area contributed by atoms with Gasteiger partial charge in [-0.15, -0.1) is 0 Å². The number of nitrogens with two attached hydrogens (primary N) is 2. The number of nitrogen functional groups attached to an aromatic ring is 1. The lowest BCUT2D eigenvalue weighted by Crippen LogP contribution is -2.13. The minimum absolute atomic E-state index is 0.116. The molecule has 0 spiro atoms. The fourth-order valence-electron chi connectivity index (χ4n) is 1.62. The Morgan fingerprint density at radius 3 is 1.95 bits per heavy atom. The molecule has 4 N–H and O–H groups in total. The van der Waals surface area contributed by atoms with Crippen LogP contribution in [-0.4, -0.2) is 8.42 Å². The second-order valence-corrected chi connectivity index (χ2v) is 5.19. The average molecular weight is 278 g/mol. The largest absolute Gasteiger partial charge is 0.399 e. The van der Waals surface area contributed by atoms with E-state index in [1.807, 2.05) is 13.8 Å². The van der Waals surface area contributed by atoms with Crippen LogP contribution in [0.2, 0.25) is 0 Å². The summed E-state index contributed by atoms with van der Waals surface area (Å²) in [5.74, 6) is 0. The van der Waals surface area contributed by atoms with Gasteiger partial charge in [0.25, 0.3) is 0 Å². The molecule has 0 bridgehead atoms. The lowest BCUT2D eigenvalue weighted by atomic mass is 10.1. The Morgan fingerprint density at radius 2 is 1.42 bits per heavy atom. The first kappa shape index (κ1) is 15.2. The maximum absolute atomic E-state index is 11.4. The molecule has 0 radical (unpaired) electrons. The van der Waals surface area contributed by atoms with Crippen LogP contribution >= 0.6 is 0 Å². The quantitative estimate of drug-likeness (QED) is 0.828. The number of benzene rings is 2. The van der Waals surface area contributed by atoms with Crippen molar-refractivity contribution in [1.29, 1.82) is 0 Å². The van der Waals surface area contributed by atoms with E-state index >= 15 is 0 Å². The molecule has 0 saturated carbocycles. The van der Waals surface area contributed by atoms with Crippen molar-refractivity contribution in [2.75, 3.05) is 5.73 Å². The van der Waals surface area contributed by atoms with Crippen LogP contribution in [0.1, 0.15) is 13.8 Å². The monoisotopic (exact) mass is 278 g/mol. The summed E-state index contributed by atoms with van der Waals surface area (Å²) >= 11 is 0. The standard InChI is InChI=1S/C12H12N2O2S.C2H6/c13-10-7-5-9(6-8-10)11-3-1-2-4-12(11)17(14,15)16;1-2/h1-8H,13H2,(H2,14,15,16);1-2H3. The summed E-state index contributed by atoms with van der Waals surface area (Å²) in [6.07, 6.45) is 0. The third kappa shape index (κ3) is 3.81. The highest BCUT2D eigenvalue weighted by molar-refractivity contribution is 7.89. The minimum atomic E-state index is -3.72. The molecule has 0 fully saturated rings. The summed E-state index contributed by atoms with van der Waals surface area (Å²) in [5.41, 5.74) is 7.56. The van der Waals surface area contributed by atoms with Gasteiger partial charge in [0.2, 0.25) is 10.0 Å². The molecule has 5 heteroatoms. The van der Waals surface area contributed by atoms with Crippen molar-refractivity contribution in [2.24, 2.45) is 5.14 Å². The molecule has 0 heterocycles. The van der Waals surface area contributed by atoms with Crippen LogP contribution in [0, 0.1) is 0 Å². The molecule has 0 aliphatic heterocycles. The molecule has 4 nitrogen and oxygen atoms in total. The van der Waals surface area contributed by atoms with E-state index in [0.717, 1.165) is 5.56 Å². The molecular formula is C14H18N2O2S. The summed E-state index contributed by atoms with van der Waals surface area (Å²) in [5, 5.41) is 5.17. The summed E-state index contributed by atoms with van der Waals surface area (Å²) < 4.78 is 22.9. The molecule has 0 atom stereocenters. The van der Waals surface area contributed by atoms with Crippen LogP contribution in [0.25, 0.3) is 11.1 Å². The topological polar surface area (TPSA) is 86.2 Å². The first-order valence-corrected chi connectivity index (χ1v) is 7.51. The third-order valence-corrected chi connectivity index (χ3v) is 3.38. The number of sulfonamides is 1. The van der Waals surface area contributed by atoms with E-state index in [1.165, 1.54) is 6.07 Å². The predicted molar refractivity (Wildman–Crippen MR) is 79.0 cm³/mol. The zero-order chi connectivity index (χ0) is 14.5. The lowest BCUT2D eigenvalue weighted by Gasteiger charge is -2.07. The highest BCUT2D eigenvalue weighted by atomic mass is 32.2. The Hall–Kier alpha value is -1.85. The van der Waals surface area contributed by atoms with Gasteiger partial charge in [0.1, 0.15) is 0 Å². The van der Waals surface area contributed by atoms with E-state index < -0.39 is 10.0 Å². The molecule has 0 aliphatic carbocycles. The summed E-state index contributed by atoms with van der Waals surface area (Å²) in [6.45, 7) is 4.00. The van der Waals surface area contributed by atoms with Crippen LogP contribution in [-0.2, 0) is 10.0 Å². The average Bonchev–Trinajstić information content (AvgIpc) is 2.41. The van der Waals surface area contributed by atoms with Crippen LogP contribution in [0.3, 0.4) is 0 Å². The van der Waals surface area contributed by atoms with Gasteiger partial charge >= 0.3 is 0 Å². The molecular weight excluding hydrogens is 260 g/mol.